The minimum Gasteiger partial charge on any atom is -0.497 e. The average molecular weight is 749 g/mol. The summed E-state index contributed by atoms with van der Waals surface area (Å²) >= 11 is 3.47. The first kappa shape index (κ1) is 36.2. The highest BCUT2D eigenvalue weighted by molar-refractivity contribution is 7.17. The molecular formula is C46H40N2O4S2. The van der Waals surface area contributed by atoms with E-state index in [-0.39, 0.29) is 0 Å². The lowest BCUT2D eigenvalue weighted by Gasteiger charge is -2.24. The second-order valence-electron chi connectivity index (χ2n) is 12.1. The van der Waals surface area contributed by atoms with Crippen LogP contribution < -0.4 is 28.7 Å². The van der Waals surface area contributed by atoms with Crippen molar-refractivity contribution in [3.05, 3.63) is 166 Å². The molecular weight excluding hydrogens is 709 g/mol. The molecule has 0 spiro atoms. The number of nitrogens with zero attached hydrogens (tertiary/aromatic N) is 2. The zero-order valence-electron chi connectivity index (χ0n) is 30.5. The Hall–Kier alpha value is -6.22. The van der Waals surface area contributed by atoms with Crippen LogP contribution in [-0.2, 0) is 0 Å². The van der Waals surface area contributed by atoms with Gasteiger partial charge in [0, 0.05) is 32.5 Å². The van der Waals surface area contributed by atoms with Gasteiger partial charge in [0.05, 0.1) is 28.4 Å². The standard InChI is InChI=1S/C46H40N2O4S2/c1-49-39-19-11-35(12-20-39)47(36-13-21-40(50-2)22-14-36)45-31-29-43(53-45)27-9-33-5-7-34(8-6-33)10-28-44-30-32-46(54-44)48(37-15-23-41(51-3)24-16-37)38-17-25-42(52-4)26-18-38/h5-32H,1-4H3/b27-9+,28-10+. The largest absolute Gasteiger partial charge is 0.497 e. The Labute approximate surface area is 325 Å². The van der Waals surface area contributed by atoms with Gasteiger partial charge in [-0.2, -0.15) is 0 Å². The molecule has 0 saturated carbocycles. The van der Waals surface area contributed by atoms with E-state index < -0.39 is 0 Å². The summed E-state index contributed by atoms with van der Waals surface area (Å²) in [7, 11) is 6.73. The van der Waals surface area contributed by atoms with Crippen LogP contribution in [0.5, 0.6) is 23.0 Å². The van der Waals surface area contributed by atoms with Crippen molar-refractivity contribution < 1.29 is 18.9 Å². The van der Waals surface area contributed by atoms with Gasteiger partial charge in [-0.05, 0) is 145 Å². The molecule has 0 N–H and O–H groups in total. The van der Waals surface area contributed by atoms with E-state index >= 15 is 0 Å². The van der Waals surface area contributed by atoms with Gasteiger partial charge in [-0.15, -0.1) is 22.7 Å². The second kappa shape index (κ2) is 17.1. The molecule has 7 rings (SSSR count). The molecule has 0 bridgehead atoms. The maximum Gasteiger partial charge on any atom is 0.119 e. The minimum atomic E-state index is 0.822. The third-order valence-electron chi connectivity index (χ3n) is 8.81. The second-order valence-corrected chi connectivity index (χ2v) is 14.3. The Morgan fingerprint density at radius 1 is 0.333 bits per heavy atom. The van der Waals surface area contributed by atoms with Crippen LogP contribution >= 0.6 is 22.7 Å². The molecule has 7 aromatic rings. The number of ether oxygens (including phenoxy) is 4. The van der Waals surface area contributed by atoms with Gasteiger partial charge in [0.15, 0.2) is 0 Å². The van der Waals surface area contributed by atoms with Gasteiger partial charge in [-0.1, -0.05) is 36.4 Å². The van der Waals surface area contributed by atoms with Crippen LogP contribution in [0.3, 0.4) is 0 Å². The van der Waals surface area contributed by atoms with Crippen LogP contribution in [0.15, 0.2) is 146 Å². The van der Waals surface area contributed by atoms with Crippen LogP contribution in [0.25, 0.3) is 24.3 Å². The van der Waals surface area contributed by atoms with Crippen molar-refractivity contribution in [3.8, 4) is 23.0 Å². The van der Waals surface area contributed by atoms with Crippen LogP contribution in [-0.4, -0.2) is 28.4 Å². The van der Waals surface area contributed by atoms with Crippen LogP contribution in [0.4, 0.5) is 32.8 Å². The van der Waals surface area contributed by atoms with Crippen molar-refractivity contribution in [2.45, 2.75) is 0 Å². The molecule has 8 heteroatoms. The molecule has 0 saturated heterocycles. The number of hydrogen-bond donors (Lipinski definition) is 0. The lowest BCUT2D eigenvalue weighted by Crippen LogP contribution is -2.08. The monoisotopic (exact) mass is 748 g/mol. The Morgan fingerprint density at radius 2 is 0.611 bits per heavy atom. The van der Waals surface area contributed by atoms with Gasteiger partial charge in [-0.3, -0.25) is 0 Å². The Kier molecular flexibility index (Phi) is 11.4. The number of anilines is 6. The number of methoxy groups -OCH3 is 4. The predicted octanol–water partition coefficient (Wildman–Crippen LogP) is 13.1. The molecule has 2 aromatic heterocycles. The molecule has 0 aliphatic carbocycles. The highest BCUT2D eigenvalue weighted by atomic mass is 32.1. The molecule has 0 aliphatic heterocycles. The molecule has 0 fully saturated rings. The van der Waals surface area contributed by atoms with Crippen molar-refractivity contribution in [1.29, 1.82) is 0 Å². The maximum atomic E-state index is 5.41. The summed E-state index contributed by atoms with van der Waals surface area (Å²) in [5.41, 5.74) is 6.47. The zero-order chi connectivity index (χ0) is 37.3. The Bertz CT molecular complexity index is 2050. The lowest BCUT2D eigenvalue weighted by atomic mass is 10.1. The molecule has 0 unspecified atom stereocenters. The van der Waals surface area contributed by atoms with E-state index in [9.17, 15) is 0 Å². The van der Waals surface area contributed by atoms with Crippen LogP contribution in [0.2, 0.25) is 0 Å². The minimum absolute atomic E-state index is 0.822. The number of hydrogen-bond acceptors (Lipinski definition) is 8. The van der Waals surface area contributed by atoms with Crippen molar-refractivity contribution in [1.82, 2.24) is 0 Å². The molecule has 54 heavy (non-hydrogen) atoms. The Morgan fingerprint density at radius 3 is 0.870 bits per heavy atom. The first-order valence-corrected chi connectivity index (χ1v) is 19.0. The summed E-state index contributed by atoms with van der Waals surface area (Å²) in [5.74, 6) is 3.29. The molecule has 0 aliphatic rings. The smallest absolute Gasteiger partial charge is 0.119 e. The van der Waals surface area contributed by atoms with Crippen molar-refractivity contribution in [3.63, 3.8) is 0 Å². The fraction of sp³-hybridized carbons (Fsp3) is 0.0870. The molecule has 0 atom stereocenters. The van der Waals surface area contributed by atoms with Crippen molar-refractivity contribution >= 4 is 79.7 Å². The summed E-state index contributed by atoms with van der Waals surface area (Å²) in [6.07, 6.45) is 8.66. The zero-order valence-corrected chi connectivity index (χ0v) is 32.1. The summed E-state index contributed by atoms with van der Waals surface area (Å²) in [6, 6.07) is 49.7. The van der Waals surface area contributed by atoms with E-state index in [1.807, 2.05) is 48.5 Å². The summed E-state index contributed by atoms with van der Waals surface area (Å²) in [4.78, 5) is 6.81. The van der Waals surface area contributed by atoms with Crippen molar-refractivity contribution in [2.75, 3.05) is 38.2 Å². The molecule has 0 radical (unpaired) electrons. The van der Waals surface area contributed by atoms with E-state index in [0.717, 1.165) is 76.6 Å². The maximum absolute atomic E-state index is 5.41. The SMILES string of the molecule is COc1ccc(N(c2ccc(OC)cc2)c2ccc(/C=C/c3ccc(/C=C/c4ccc(N(c5ccc(OC)cc5)c5ccc(OC)cc5)s4)cc3)s2)cc1. The number of thiophene rings is 2. The fourth-order valence-corrected chi connectivity index (χ4v) is 7.81. The van der Waals surface area contributed by atoms with Gasteiger partial charge in [-0.25, -0.2) is 0 Å². The van der Waals surface area contributed by atoms with Crippen LogP contribution in [0, 0.1) is 0 Å². The fourth-order valence-electron chi connectivity index (χ4n) is 5.91. The average Bonchev–Trinajstić information content (AvgIpc) is 3.91. The Balaban J connectivity index is 1.05. The molecule has 270 valence electrons. The van der Waals surface area contributed by atoms with Gasteiger partial charge in [0.2, 0.25) is 0 Å². The lowest BCUT2D eigenvalue weighted by molar-refractivity contribution is 0.414. The third-order valence-corrected chi connectivity index (χ3v) is 10.9. The first-order chi connectivity index (χ1) is 26.5. The first-order valence-electron chi connectivity index (χ1n) is 17.4. The molecule has 6 nitrogen and oxygen atoms in total. The number of rotatable bonds is 14. The van der Waals surface area contributed by atoms with E-state index in [4.69, 9.17) is 18.9 Å². The molecule has 2 heterocycles. The topological polar surface area (TPSA) is 43.4 Å². The summed E-state index contributed by atoms with van der Waals surface area (Å²) < 4.78 is 21.6. The van der Waals surface area contributed by atoms with Gasteiger partial charge in [0.1, 0.15) is 33.0 Å². The highest BCUT2D eigenvalue weighted by Gasteiger charge is 2.16. The van der Waals surface area contributed by atoms with Gasteiger partial charge >= 0.3 is 0 Å². The predicted molar refractivity (Wildman–Crippen MR) is 229 cm³/mol. The normalized spacial score (nSPS) is 11.2. The number of benzene rings is 5. The molecule has 0 amide bonds. The van der Waals surface area contributed by atoms with E-state index in [1.54, 1.807) is 51.1 Å². The van der Waals surface area contributed by atoms with Gasteiger partial charge < -0.3 is 28.7 Å². The van der Waals surface area contributed by atoms with E-state index in [0.29, 0.717) is 0 Å². The quantitative estimate of drug-likeness (QED) is 0.110. The summed E-state index contributed by atoms with van der Waals surface area (Å²) in [6.45, 7) is 0. The van der Waals surface area contributed by atoms with Crippen molar-refractivity contribution in [2.24, 2.45) is 0 Å². The van der Waals surface area contributed by atoms with E-state index in [2.05, 4.69) is 131 Å². The highest BCUT2D eigenvalue weighted by Crippen LogP contribution is 2.42. The summed E-state index contributed by atoms with van der Waals surface area (Å²) in [5, 5.41) is 2.22. The van der Waals surface area contributed by atoms with E-state index in [1.165, 1.54) is 0 Å². The van der Waals surface area contributed by atoms with Crippen LogP contribution in [0.1, 0.15) is 20.9 Å². The van der Waals surface area contributed by atoms with Gasteiger partial charge in [0.25, 0.3) is 0 Å². The third kappa shape index (κ3) is 8.52. The molecule has 5 aromatic carbocycles.